The number of carbonyl (C=O) groups excluding carboxylic acids is 3. The van der Waals surface area contributed by atoms with Crippen molar-refractivity contribution in [2.75, 3.05) is 6.54 Å². The Morgan fingerprint density at radius 2 is 1.95 bits per heavy atom. The highest BCUT2D eigenvalue weighted by Crippen LogP contribution is 2.46. The van der Waals surface area contributed by atoms with Crippen molar-refractivity contribution in [3.05, 3.63) is 34.3 Å². The van der Waals surface area contributed by atoms with Crippen LogP contribution in [0.2, 0.25) is 5.02 Å². The molecule has 37 heavy (non-hydrogen) atoms. The number of halogens is 3. The van der Waals surface area contributed by atoms with Crippen LogP contribution >= 0.6 is 36.4 Å². The highest BCUT2D eigenvalue weighted by Gasteiger charge is 2.61. The largest absolute Gasteiger partial charge is 0.445 e. The van der Waals surface area contributed by atoms with E-state index in [1.54, 1.807) is 11.0 Å². The topological polar surface area (TPSA) is 134 Å². The first-order valence-corrected chi connectivity index (χ1v) is 13.9. The van der Waals surface area contributed by atoms with Crippen LogP contribution in [0, 0.1) is 5.92 Å². The second-order valence-electron chi connectivity index (χ2n) is 9.88. The van der Waals surface area contributed by atoms with Gasteiger partial charge in [-0.05, 0) is 42.4 Å². The lowest BCUT2D eigenvalue weighted by Crippen LogP contribution is -2.55. The van der Waals surface area contributed by atoms with Gasteiger partial charge in [-0.3, -0.25) is 19.2 Å². The van der Waals surface area contributed by atoms with Crippen molar-refractivity contribution < 1.29 is 27.5 Å². The summed E-state index contributed by atoms with van der Waals surface area (Å²) in [6.45, 7) is 2.99. The molecular formula is C23H31Cl3N4O6S. The predicted octanol–water partition coefficient (Wildman–Crippen LogP) is 2.26. The SMILES string of the molecule is CC[C@H]1C[C@]1(NC(=O)[C@@H]1C[C@@H](OC(=O)N2Cc3cccc(Cl)c3C2)CN1)C(=O)NS(=O)(=O)C1CC1.Cl.Cl. The molecule has 1 aromatic carbocycles. The highest BCUT2D eigenvalue weighted by atomic mass is 35.5. The summed E-state index contributed by atoms with van der Waals surface area (Å²) in [5, 5.41) is 5.94. The molecule has 0 aromatic heterocycles. The van der Waals surface area contributed by atoms with Gasteiger partial charge >= 0.3 is 6.09 Å². The fourth-order valence-corrected chi connectivity index (χ4v) is 6.64. The van der Waals surface area contributed by atoms with E-state index in [1.807, 2.05) is 19.1 Å². The van der Waals surface area contributed by atoms with E-state index in [0.717, 1.165) is 11.1 Å². The smallest absolute Gasteiger partial charge is 0.410 e. The lowest BCUT2D eigenvalue weighted by molar-refractivity contribution is -0.130. The van der Waals surface area contributed by atoms with Crippen molar-refractivity contribution in [2.24, 2.45) is 5.92 Å². The Bertz CT molecular complexity index is 1180. The van der Waals surface area contributed by atoms with Crippen LogP contribution < -0.4 is 15.4 Å². The monoisotopic (exact) mass is 596 g/mol. The van der Waals surface area contributed by atoms with Crippen LogP contribution in [0.4, 0.5) is 4.79 Å². The lowest BCUT2D eigenvalue weighted by Gasteiger charge is -2.21. The zero-order chi connectivity index (χ0) is 25.0. The van der Waals surface area contributed by atoms with Crippen LogP contribution in [-0.2, 0) is 37.4 Å². The quantitative estimate of drug-likeness (QED) is 0.439. The molecule has 0 radical (unpaired) electrons. The second-order valence-corrected chi connectivity index (χ2v) is 12.2. The Balaban J connectivity index is 0.00000190. The molecule has 14 heteroatoms. The van der Waals surface area contributed by atoms with E-state index >= 15 is 0 Å². The molecule has 2 saturated carbocycles. The van der Waals surface area contributed by atoms with Crippen molar-refractivity contribution in [2.45, 2.75) is 75.1 Å². The molecule has 1 aromatic rings. The van der Waals surface area contributed by atoms with E-state index in [4.69, 9.17) is 16.3 Å². The molecule has 3 fully saturated rings. The molecule has 10 nitrogen and oxygen atoms in total. The molecule has 2 aliphatic carbocycles. The van der Waals surface area contributed by atoms with Crippen LogP contribution in [0.25, 0.3) is 0 Å². The van der Waals surface area contributed by atoms with Crippen LogP contribution in [0.1, 0.15) is 50.2 Å². The summed E-state index contributed by atoms with van der Waals surface area (Å²) >= 11 is 6.22. The maximum atomic E-state index is 13.0. The summed E-state index contributed by atoms with van der Waals surface area (Å²) < 4.78 is 32.3. The number of hydrogen-bond donors (Lipinski definition) is 3. The number of hydrogen-bond acceptors (Lipinski definition) is 7. The van der Waals surface area contributed by atoms with E-state index in [-0.39, 0.29) is 37.2 Å². The van der Waals surface area contributed by atoms with Crippen molar-refractivity contribution in [3.8, 4) is 0 Å². The van der Waals surface area contributed by atoms with Gasteiger partial charge in [0.2, 0.25) is 15.9 Å². The molecule has 3 N–H and O–H groups in total. The molecule has 206 valence electrons. The van der Waals surface area contributed by atoms with Gasteiger partial charge in [-0.25, -0.2) is 13.2 Å². The molecule has 4 atom stereocenters. The number of rotatable bonds is 7. The third kappa shape index (κ3) is 5.95. The average Bonchev–Trinajstić information content (AvgIpc) is 3.69. The zero-order valence-corrected chi connectivity index (χ0v) is 23.4. The summed E-state index contributed by atoms with van der Waals surface area (Å²) in [6, 6.07) is 4.91. The van der Waals surface area contributed by atoms with Gasteiger partial charge in [0.05, 0.1) is 17.8 Å². The number of nitrogens with one attached hydrogen (secondary N) is 3. The third-order valence-corrected chi connectivity index (χ3v) is 9.58. The third-order valence-electron chi connectivity index (χ3n) is 7.41. The minimum Gasteiger partial charge on any atom is -0.445 e. The van der Waals surface area contributed by atoms with Crippen molar-refractivity contribution in [1.29, 1.82) is 0 Å². The summed E-state index contributed by atoms with van der Waals surface area (Å²) in [5.41, 5.74) is 0.679. The van der Waals surface area contributed by atoms with Gasteiger partial charge in [-0.2, -0.15) is 0 Å². The number of benzene rings is 1. The Hall–Kier alpha value is -1.79. The molecule has 0 bridgehead atoms. The molecule has 5 rings (SSSR count). The predicted molar refractivity (Wildman–Crippen MR) is 141 cm³/mol. The van der Waals surface area contributed by atoms with Crippen LogP contribution in [0.3, 0.4) is 0 Å². The van der Waals surface area contributed by atoms with E-state index in [1.165, 1.54) is 0 Å². The summed E-state index contributed by atoms with van der Waals surface area (Å²) in [6.07, 6.45) is 1.40. The van der Waals surface area contributed by atoms with Crippen molar-refractivity contribution in [1.82, 2.24) is 20.3 Å². The molecule has 0 unspecified atom stereocenters. The Labute approximate surface area is 233 Å². The molecule has 4 aliphatic rings. The fraction of sp³-hybridized carbons (Fsp3) is 0.609. The number of ether oxygens (including phenoxy) is 1. The van der Waals surface area contributed by atoms with Gasteiger partial charge in [0.1, 0.15) is 11.6 Å². The van der Waals surface area contributed by atoms with Gasteiger partial charge in [-0.15, -0.1) is 24.8 Å². The van der Waals surface area contributed by atoms with Gasteiger partial charge in [-0.1, -0.05) is 37.1 Å². The summed E-state index contributed by atoms with van der Waals surface area (Å²) in [4.78, 5) is 40.1. The van der Waals surface area contributed by atoms with Crippen LogP contribution in [0.15, 0.2) is 18.2 Å². The number of amides is 3. The van der Waals surface area contributed by atoms with Gasteiger partial charge in [0.25, 0.3) is 5.91 Å². The first-order valence-electron chi connectivity index (χ1n) is 12.0. The first kappa shape index (κ1) is 29.8. The van der Waals surface area contributed by atoms with Gasteiger partial charge in [0, 0.05) is 24.5 Å². The van der Waals surface area contributed by atoms with Crippen molar-refractivity contribution >= 4 is 64.3 Å². The number of fused-ring (bicyclic) bond motifs is 1. The molecule has 2 aliphatic heterocycles. The number of nitrogens with zero attached hydrogens (tertiary/aromatic N) is 1. The average molecular weight is 598 g/mol. The molecule has 0 spiro atoms. The van der Waals surface area contributed by atoms with E-state index < -0.39 is 50.9 Å². The molecular weight excluding hydrogens is 567 g/mol. The van der Waals surface area contributed by atoms with Crippen molar-refractivity contribution in [3.63, 3.8) is 0 Å². The summed E-state index contributed by atoms with van der Waals surface area (Å²) in [5.74, 6) is -1.20. The molecule has 1 saturated heterocycles. The van der Waals surface area contributed by atoms with Crippen LogP contribution in [-0.4, -0.2) is 60.7 Å². The molecule has 3 amide bonds. The van der Waals surface area contributed by atoms with E-state index in [0.29, 0.717) is 50.3 Å². The normalized spacial score (nSPS) is 27.8. The Morgan fingerprint density at radius 3 is 2.57 bits per heavy atom. The minimum absolute atomic E-state index is 0. The maximum Gasteiger partial charge on any atom is 0.410 e. The van der Waals surface area contributed by atoms with Gasteiger partial charge in [0.15, 0.2) is 0 Å². The Morgan fingerprint density at radius 1 is 1.22 bits per heavy atom. The lowest BCUT2D eigenvalue weighted by atomic mass is 10.1. The first-order chi connectivity index (χ1) is 16.6. The second kappa shape index (κ2) is 11.1. The number of sulfonamides is 1. The number of carbonyl (C=O) groups is 3. The van der Waals surface area contributed by atoms with Gasteiger partial charge < -0.3 is 15.4 Å². The maximum absolute atomic E-state index is 13.0. The zero-order valence-electron chi connectivity index (χ0n) is 20.2. The van der Waals surface area contributed by atoms with Crippen LogP contribution in [0.5, 0.6) is 0 Å². The highest BCUT2D eigenvalue weighted by molar-refractivity contribution is 7.91. The fourth-order valence-electron chi connectivity index (χ4n) is 5.02. The summed E-state index contributed by atoms with van der Waals surface area (Å²) in [7, 11) is -3.71. The molecule has 2 heterocycles. The Kier molecular flexibility index (Phi) is 8.96. The van der Waals surface area contributed by atoms with E-state index in [2.05, 4.69) is 15.4 Å². The standard InChI is InChI=1S/C23H29ClN4O6S.2ClH/c1-2-14-9-23(14,21(30)27-35(32,33)16-6-7-16)26-20(29)19-8-15(10-25-19)34-22(31)28-11-13-4-3-5-18(24)17(13)12-28;;/h3-5,14-16,19,25H,2,6-12H2,1H3,(H,26,29)(H,27,30);2*1H/t14-,15+,19-,23+;;/m0../s1. The minimum atomic E-state index is -3.71. The van der Waals surface area contributed by atoms with E-state index in [9.17, 15) is 22.8 Å².